The van der Waals surface area contributed by atoms with Gasteiger partial charge in [-0.2, -0.15) is 5.10 Å². The molecule has 1 fully saturated rings. The maximum atomic E-state index is 5.34. The Morgan fingerprint density at radius 3 is 2.58 bits per heavy atom. The summed E-state index contributed by atoms with van der Waals surface area (Å²) in [5.74, 6) is 1.96. The highest BCUT2D eigenvalue weighted by Crippen LogP contribution is 2.28. The standard InChI is InChI=1S/C25H27N5O/c1-18-4-3-5-24(27-18)30-12-10-29(11-13-30)17-22-16-26-28-25(22)21-7-6-20-15-23(31-2)9-8-19(20)14-21/h3-9,14-16H,10-13,17H2,1-2H3,(H,26,28). The van der Waals surface area contributed by atoms with Gasteiger partial charge in [0.1, 0.15) is 11.6 Å². The number of nitrogens with one attached hydrogen (secondary N) is 1. The number of H-pyrrole nitrogens is 1. The smallest absolute Gasteiger partial charge is 0.128 e. The summed E-state index contributed by atoms with van der Waals surface area (Å²) in [7, 11) is 1.70. The van der Waals surface area contributed by atoms with Crippen LogP contribution in [0.5, 0.6) is 5.75 Å². The van der Waals surface area contributed by atoms with E-state index in [1.807, 2.05) is 25.3 Å². The van der Waals surface area contributed by atoms with Crippen molar-refractivity contribution in [3.63, 3.8) is 0 Å². The largest absolute Gasteiger partial charge is 0.497 e. The zero-order valence-corrected chi connectivity index (χ0v) is 18.0. The van der Waals surface area contributed by atoms with Crippen molar-refractivity contribution in [1.82, 2.24) is 20.1 Å². The summed E-state index contributed by atoms with van der Waals surface area (Å²) in [6.07, 6.45) is 1.96. The quantitative estimate of drug-likeness (QED) is 0.530. The molecule has 0 aliphatic carbocycles. The van der Waals surface area contributed by atoms with Crippen LogP contribution in [-0.2, 0) is 6.54 Å². The van der Waals surface area contributed by atoms with Gasteiger partial charge < -0.3 is 9.64 Å². The van der Waals surface area contributed by atoms with Gasteiger partial charge in [-0.25, -0.2) is 4.98 Å². The van der Waals surface area contributed by atoms with Gasteiger partial charge >= 0.3 is 0 Å². The molecule has 6 nitrogen and oxygen atoms in total. The number of hydrogen-bond acceptors (Lipinski definition) is 5. The van der Waals surface area contributed by atoms with Gasteiger partial charge in [-0.15, -0.1) is 0 Å². The summed E-state index contributed by atoms with van der Waals surface area (Å²) in [5.41, 5.74) is 4.56. The zero-order valence-electron chi connectivity index (χ0n) is 18.0. The number of pyridine rings is 1. The number of hydrogen-bond donors (Lipinski definition) is 1. The number of anilines is 1. The Labute approximate surface area is 182 Å². The topological polar surface area (TPSA) is 57.3 Å². The van der Waals surface area contributed by atoms with Crippen molar-refractivity contribution in [2.24, 2.45) is 0 Å². The molecular formula is C25H27N5O. The van der Waals surface area contributed by atoms with Crippen molar-refractivity contribution < 1.29 is 4.74 Å². The highest BCUT2D eigenvalue weighted by atomic mass is 16.5. The highest BCUT2D eigenvalue weighted by molar-refractivity contribution is 5.88. The van der Waals surface area contributed by atoms with Crippen molar-refractivity contribution in [2.75, 3.05) is 38.2 Å². The van der Waals surface area contributed by atoms with E-state index in [0.29, 0.717) is 0 Å². The molecule has 0 amide bonds. The number of nitrogens with zero attached hydrogens (tertiary/aromatic N) is 4. The molecule has 1 N–H and O–H groups in total. The van der Waals surface area contributed by atoms with Gasteiger partial charge in [0.15, 0.2) is 0 Å². The van der Waals surface area contributed by atoms with Crippen LogP contribution < -0.4 is 9.64 Å². The number of aromatic nitrogens is 3. The van der Waals surface area contributed by atoms with E-state index in [1.54, 1.807) is 7.11 Å². The Morgan fingerprint density at radius 1 is 0.968 bits per heavy atom. The van der Waals surface area contributed by atoms with Crippen molar-refractivity contribution >= 4 is 16.6 Å². The van der Waals surface area contributed by atoms with Crippen molar-refractivity contribution in [2.45, 2.75) is 13.5 Å². The van der Waals surface area contributed by atoms with Gasteiger partial charge in [0.05, 0.1) is 19.0 Å². The Balaban J connectivity index is 1.29. The first kappa shape index (κ1) is 19.6. The number of benzene rings is 2. The molecule has 2 aromatic carbocycles. The maximum Gasteiger partial charge on any atom is 0.128 e. The van der Waals surface area contributed by atoms with Crippen LogP contribution in [0, 0.1) is 6.92 Å². The Kier molecular flexibility index (Phi) is 5.30. The Bertz CT molecular complexity index is 1190. The molecule has 158 valence electrons. The van der Waals surface area contributed by atoms with Gasteiger partial charge in [0, 0.05) is 49.5 Å². The number of fused-ring (bicyclic) bond motifs is 1. The monoisotopic (exact) mass is 413 g/mol. The number of piperazine rings is 1. The van der Waals surface area contributed by atoms with Crippen LogP contribution in [0.1, 0.15) is 11.3 Å². The van der Waals surface area contributed by atoms with Crippen LogP contribution >= 0.6 is 0 Å². The summed E-state index contributed by atoms with van der Waals surface area (Å²) < 4.78 is 5.34. The fourth-order valence-corrected chi connectivity index (χ4v) is 4.27. The number of aryl methyl sites for hydroxylation is 1. The molecule has 0 atom stereocenters. The van der Waals surface area contributed by atoms with Crippen LogP contribution in [0.3, 0.4) is 0 Å². The highest BCUT2D eigenvalue weighted by Gasteiger charge is 2.20. The SMILES string of the molecule is COc1ccc2cc(-c3[nH]ncc3CN3CCN(c4cccc(C)n4)CC3)ccc2c1. The van der Waals surface area contributed by atoms with Gasteiger partial charge in [-0.1, -0.05) is 24.3 Å². The van der Waals surface area contributed by atoms with E-state index in [9.17, 15) is 0 Å². The third-order valence-corrected chi connectivity index (χ3v) is 6.02. The van der Waals surface area contributed by atoms with Crippen molar-refractivity contribution in [3.8, 4) is 17.0 Å². The van der Waals surface area contributed by atoms with Crippen LogP contribution in [0.15, 0.2) is 60.8 Å². The molecule has 0 saturated carbocycles. The predicted molar refractivity (Wildman–Crippen MR) is 125 cm³/mol. The van der Waals surface area contributed by atoms with E-state index in [1.165, 1.54) is 16.3 Å². The first-order chi connectivity index (χ1) is 15.2. The average molecular weight is 414 g/mol. The molecular weight excluding hydrogens is 386 g/mol. The second kappa shape index (κ2) is 8.40. The van der Waals surface area contributed by atoms with E-state index in [-0.39, 0.29) is 0 Å². The second-order valence-corrected chi connectivity index (χ2v) is 8.10. The molecule has 0 bridgehead atoms. The molecule has 1 saturated heterocycles. The molecule has 31 heavy (non-hydrogen) atoms. The van der Waals surface area contributed by atoms with Crippen LogP contribution in [0.25, 0.3) is 22.0 Å². The lowest BCUT2D eigenvalue weighted by Gasteiger charge is -2.35. The van der Waals surface area contributed by atoms with E-state index in [0.717, 1.165) is 61.2 Å². The van der Waals surface area contributed by atoms with Gasteiger partial charge in [0.25, 0.3) is 0 Å². The summed E-state index contributed by atoms with van der Waals surface area (Å²) >= 11 is 0. The number of methoxy groups -OCH3 is 1. The summed E-state index contributed by atoms with van der Waals surface area (Å²) in [4.78, 5) is 9.54. The van der Waals surface area contributed by atoms with Gasteiger partial charge in [-0.05, 0) is 48.0 Å². The van der Waals surface area contributed by atoms with Gasteiger partial charge in [-0.3, -0.25) is 10.00 Å². The molecule has 6 heteroatoms. The van der Waals surface area contributed by atoms with E-state index in [4.69, 9.17) is 4.74 Å². The number of aromatic amines is 1. The molecule has 0 unspecified atom stereocenters. The van der Waals surface area contributed by atoms with Gasteiger partial charge in [0.2, 0.25) is 0 Å². The van der Waals surface area contributed by atoms with Crippen LogP contribution in [0.2, 0.25) is 0 Å². The molecule has 0 radical (unpaired) electrons. The first-order valence-corrected chi connectivity index (χ1v) is 10.7. The molecule has 1 aliphatic rings. The van der Waals surface area contributed by atoms with E-state index < -0.39 is 0 Å². The van der Waals surface area contributed by atoms with E-state index >= 15 is 0 Å². The molecule has 3 heterocycles. The van der Waals surface area contributed by atoms with Crippen molar-refractivity contribution in [1.29, 1.82) is 0 Å². The van der Waals surface area contributed by atoms with E-state index in [2.05, 4.69) is 67.4 Å². The predicted octanol–water partition coefficient (Wildman–Crippen LogP) is 4.26. The second-order valence-electron chi connectivity index (χ2n) is 8.10. The minimum atomic E-state index is 0.877. The number of ether oxygens (including phenoxy) is 1. The minimum Gasteiger partial charge on any atom is -0.497 e. The molecule has 1 aliphatic heterocycles. The first-order valence-electron chi connectivity index (χ1n) is 10.7. The third kappa shape index (κ3) is 4.11. The summed E-state index contributed by atoms with van der Waals surface area (Å²) in [6.45, 7) is 6.93. The molecule has 4 aromatic rings. The summed E-state index contributed by atoms with van der Waals surface area (Å²) in [5, 5.41) is 9.93. The zero-order chi connectivity index (χ0) is 21.2. The lowest BCUT2D eigenvalue weighted by atomic mass is 10.0. The molecule has 0 spiro atoms. The average Bonchev–Trinajstić information content (AvgIpc) is 3.27. The Morgan fingerprint density at radius 2 is 1.77 bits per heavy atom. The Hall–Kier alpha value is -3.38. The van der Waals surface area contributed by atoms with Crippen LogP contribution in [0.4, 0.5) is 5.82 Å². The lowest BCUT2D eigenvalue weighted by Crippen LogP contribution is -2.46. The molecule has 2 aromatic heterocycles. The van der Waals surface area contributed by atoms with Crippen LogP contribution in [-0.4, -0.2) is 53.4 Å². The third-order valence-electron chi connectivity index (χ3n) is 6.02. The maximum absolute atomic E-state index is 5.34. The van der Waals surface area contributed by atoms with Crippen molar-refractivity contribution in [3.05, 3.63) is 72.1 Å². The lowest BCUT2D eigenvalue weighted by molar-refractivity contribution is 0.249. The fourth-order valence-electron chi connectivity index (χ4n) is 4.27. The number of rotatable bonds is 5. The summed E-state index contributed by atoms with van der Waals surface area (Å²) in [6, 6.07) is 18.9. The minimum absolute atomic E-state index is 0.877. The normalized spacial score (nSPS) is 14.8. The molecule has 5 rings (SSSR count). The fraction of sp³-hybridized carbons (Fsp3) is 0.280.